The number of nitrogens with one attached hydrogen (secondary N) is 2. The number of aromatic amines is 1. The molecule has 7 heteroatoms. The Bertz CT molecular complexity index is 1250. The van der Waals surface area contributed by atoms with Crippen molar-refractivity contribution in [1.82, 2.24) is 25.0 Å². The molecular weight excluding hydrogens is 450 g/mol. The van der Waals surface area contributed by atoms with Crippen molar-refractivity contribution in [2.45, 2.75) is 49.9 Å². The van der Waals surface area contributed by atoms with Crippen LogP contribution in [-0.2, 0) is 22.6 Å². The number of hydrogen-bond acceptors (Lipinski definition) is 4. The maximum absolute atomic E-state index is 14.2. The Labute approximate surface area is 212 Å². The van der Waals surface area contributed by atoms with Crippen LogP contribution in [0.5, 0.6) is 0 Å². The normalized spacial score (nSPS) is 25.1. The van der Waals surface area contributed by atoms with Crippen molar-refractivity contribution in [3.05, 3.63) is 71.9 Å². The lowest BCUT2D eigenvalue weighted by molar-refractivity contribution is -0.164. The fourth-order valence-electron chi connectivity index (χ4n) is 6.50. The quantitative estimate of drug-likeness (QED) is 0.583. The van der Waals surface area contributed by atoms with Crippen LogP contribution in [0.4, 0.5) is 0 Å². The molecule has 2 aromatic carbocycles. The van der Waals surface area contributed by atoms with Crippen molar-refractivity contribution >= 4 is 22.7 Å². The smallest absolute Gasteiger partial charge is 0.246 e. The predicted octanol–water partition coefficient (Wildman–Crippen LogP) is 2.78. The zero-order valence-corrected chi connectivity index (χ0v) is 21.0. The Morgan fingerprint density at radius 3 is 2.53 bits per heavy atom. The van der Waals surface area contributed by atoms with Gasteiger partial charge in [0.1, 0.15) is 11.6 Å². The fourth-order valence-corrected chi connectivity index (χ4v) is 6.50. The summed E-state index contributed by atoms with van der Waals surface area (Å²) in [6, 6.07) is 18.2. The number of H-pyrrole nitrogens is 1. The van der Waals surface area contributed by atoms with Gasteiger partial charge in [-0.1, -0.05) is 48.5 Å². The third-order valence-electron chi connectivity index (χ3n) is 8.50. The van der Waals surface area contributed by atoms with E-state index in [-0.39, 0.29) is 17.9 Å². The van der Waals surface area contributed by atoms with Gasteiger partial charge < -0.3 is 20.1 Å². The molecule has 2 N–H and O–H groups in total. The molecule has 2 unspecified atom stereocenters. The van der Waals surface area contributed by atoms with E-state index in [0.717, 1.165) is 55.6 Å². The van der Waals surface area contributed by atoms with E-state index in [0.29, 0.717) is 19.3 Å². The van der Waals surface area contributed by atoms with E-state index >= 15 is 0 Å². The summed E-state index contributed by atoms with van der Waals surface area (Å²) >= 11 is 0. The molecule has 4 heterocycles. The van der Waals surface area contributed by atoms with Crippen LogP contribution < -0.4 is 5.32 Å². The van der Waals surface area contributed by atoms with Gasteiger partial charge in [0.2, 0.25) is 11.8 Å². The number of amides is 2. The molecule has 188 valence electrons. The maximum atomic E-state index is 14.2. The highest BCUT2D eigenvalue weighted by Crippen LogP contribution is 2.37. The molecule has 36 heavy (non-hydrogen) atoms. The highest BCUT2D eigenvalue weighted by atomic mass is 16.2. The minimum absolute atomic E-state index is 0.0292. The lowest BCUT2D eigenvalue weighted by Crippen LogP contribution is -2.75. The summed E-state index contributed by atoms with van der Waals surface area (Å²) in [5.41, 5.74) is 2.67. The van der Waals surface area contributed by atoms with Gasteiger partial charge in [-0.05, 0) is 43.5 Å². The highest BCUT2D eigenvalue weighted by Gasteiger charge is 2.56. The molecule has 2 amide bonds. The molecule has 0 aliphatic carbocycles. The van der Waals surface area contributed by atoms with E-state index in [1.807, 2.05) is 35.4 Å². The molecule has 1 aromatic heterocycles. The average molecular weight is 486 g/mol. The Morgan fingerprint density at radius 1 is 0.972 bits per heavy atom. The van der Waals surface area contributed by atoms with Crippen LogP contribution >= 0.6 is 0 Å². The molecule has 6 rings (SSSR count). The number of fused-ring (bicyclic) bond motifs is 1. The van der Waals surface area contributed by atoms with Crippen molar-refractivity contribution in [2.75, 3.05) is 33.2 Å². The number of aromatic nitrogens is 1. The summed E-state index contributed by atoms with van der Waals surface area (Å²) < 4.78 is 0. The van der Waals surface area contributed by atoms with E-state index in [9.17, 15) is 9.59 Å². The van der Waals surface area contributed by atoms with E-state index in [1.54, 1.807) is 0 Å². The van der Waals surface area contributed by atoms with Crippen LogP contribution in [0, 0.1) is 0 Å². The van der Waals surface area contributed by atoms with E-state index in [1.165, 1.54) is 5.56 Å². The van der Waals surface area contributed by atoms with Crippen LogP contribution in [0.1, 0.15) is 30.4 Å². The SMILES string of the molecule is CN1CCC2(CC1)C(=O)NC(Cc1c[nH]c3ccccc13)C(=O)N2C1CCN(Cc2ccccc2)C1. The van der Waals surface area contributed by atoms with Crippen LogP contribution in [-0.4, -0.2) is 82.3 Å². The van der Waals surface area contributed by atoms with Crippen molar-refractivity contribution in [3.8, 4) is 0 Å². The van der Waals surface area contributed by atoms with E-state index in [2.05, 4.69) is 57.5 Å². The zero-order valence-electron chi connectivity index (χ0n) is 21.0. The first kappa shape index (κ1) is 23.3. The number of para-hydroxylation sites is 1. The summed E-state index contributed by atoms with van der Waals surface area (Å²) in [7, 11) is 2.09. The largest absolute Gasteiger partial charge is 0.361 e. The standard InChI is InChI=1S/C29H35N5O2/c1-32-15-12-29(13-16-32)28(36)31-26(17-22-18-30-25-10-6-5-9-24(22)25)27(35)34(29)23-11-14-33(20-23)19-21-7-3-2-4-8-21/h2-10,18,23,26,30H,11-17,19-20H2,1H3,(H,31,36). The predicted molar refractivity (Wildman–Crippen MR) is 140 cm³/mol. The summed E-state index contributed by atoms with van der Waals surface area (Å²) in [5.74, 6) is 0.109. The van der Waals surface area contributed by atoms with Gasteiger partial charge in [0.05, 0.1) is 0 Å². The number of benzene rings is 2. The molecule has 0 radical (unpaired) electrons. The molecule has 3 aromatic rings. The molecule has 0 saturated carbocycles. The highest BCUT2D eigenvalue weighted by molar-refractivity contribution is 6.00. The van der Waals surface area contributed by atoms with Crippen molar-refractivity contribution in [3.63, 3.8) is 0 Å². The van der Waals surface area contributed by atoms with Crippen molar-refractivity contribution < 1.29 is 9.59 Å². The molecule has 7 nitrogen and oxygen atoms in total. The van der Waals surface area contributed by atoms with Gasteiger partial charge >= 0.3 is 0 Å². The Hall–Kier alpha value is -3.16. The van der Waals surface area contributed by atoms with Crippen LogP contribution in [0.3, 0.4) is 0 Å². The van der Waals surface area contributed by atoms with Gasteiger partial charge in [0.15, 0.2) is 0 Å². The molecule has 0 bridgehead atoms. The second-order valence-corrected chi connectivity index (χ2v) is 10.8. The summed E-state index contributed by atoms with van der Waals surface area (Å²) in [6.07, 6.45) is 4.77. The molecule has 3 saturated heterocycles. The Balaban J connectivity index is 1.27. The second kappa shape index (κ2) is 9.37. The lowest BCUT2D eigenvalue weighted by Gasteiger charge is -2.53. The second-order valence-electron chi connectivity index (χ2n) is 10.8. The first-order chi connectivity index (χ1) is 17.5. The number of carbonyl (C=O) groups is 2. The van der Waals surface area contributed by atoms with E-state index < -0.39 is 11.6 Å². The number of carbonyl (C=O) groups excluding carboxylic acids is 2. The van der Waals surface area contributed by atoms with Gasteiger partial charge in [0, 0.05) is 62.3 Å². The van der Waals surface area contributed by atoms with Gasteiger partial charge in [0.25, 0.3) is 0 Å². The Morgan fingerprint density at radius 2 is 1.72 bits per heavy atom. The number of piperidine rings is 1. The van der Waals surface area contributed by atoms with Gasteiger partial charge in [-0.25, -0.2) is 0 Å². The fraction of sp³-hybridized carbons (Fsp3) is 0.448. The minimum Gasteiger partial charge on any atom is -0.361 e. The van der Waals surface area contributed by atoms with Gasteiger partial charge in [-0.3, -0.25) is 14.5 Å². The Kier molecular flexibility index (Phi) is 6.05. The van der Waals surface area contributed by atoms with Crippen LogP contribution in [0.25, 0.3) is 10.9 Å². The monoisotopic (exact) mass is 485 g/mol. The summed E-state index contributed by atoms with van der Waals surface area (Å²) in [5, 5.41) is 4.28. The third-order valence-corrected chi connectivity index (χ3v) is 8.50. The average Bonchev–Trinajstić information content (AvgIpc) is 3.52. The van der Waals surface area contributed by atoms with E-state index in [4.69, 9.17) is 0 Å². The number of rotatable bonds is 5. The third kappa shape index (κ3) is 4.10. The molecule has 3 aliphatic heterocycles. The van der Waals surface area contributed by atoms with Crippen LogP contribution in [0.15, 0.2) is 60.8 Å². The van der Waals surface area contributed by atoms with Crippen molar-refractivity contribution in [2.24, 2.45) is 0 Å². The first-order valence-corrected chi connectivity index (χ1v) is 13.2. The maximum Gasteiger partial charge on any atom is 0.246 e. The molecule has 3 aliphatic rings. The number of hydrogen-bond donors (Lipinski definition) is 2. The summed E-state index contributed by atoms with van der Waals surface area (Å²) in [6.45, 7) is 4.27. The summed E-state index contributed by atoms with van der Waals surface area (Å²) in [4.78, 5) is 38.1. The molecular formula is C29H35N5O2. The lowest BCUT2D eigenvalue weighted by atomic mass is 9.80. The molecule has 2 atom stereocenters. The molecule has 1 spiro atoms. The minimum atomic E-state index is -0.742. The van der Waals surface area contributed by atoms with Crippen molar-refractivity contribution in [1.29, 1.82) is 0 Å². The van der Waals surface area contributed by atoms with Gasteiger partial charge in [-0.2, -0.15) is 0 Å². The number of likely N-dealkylation sites (tertiary alicyclic amines) is 2. The van der Waals surface area contributed by atoms with Crippen LogP contribution in [0.2, 0.25) is 0 Å². The topological polar surface area (TPSA) is 71.7 Å². The molecule has 3 fully saturated rings. The first-order valence-electron chi connectivity index (χ1n) is 13.2. The zero-order chi connectivity index (χ0) is 24.7. The van der Waals surface area contributed by atoms with Gasteiger partial charge in [-0.15, -0.1) is 0 Å². The number of nitrogens with zero attached hydrogens (tertiary/aromatic N) is 3. The number of piperazine rings is 1.